The molecule has 1 aliphatic heterocycles. The number of aliphatic hydroxyl groups is 2. The molecule has 3 heterocycles. The summed E-state index contributed by atoms with van der Waals surface area (Å²) in [4.78, 5) is 18.8. The summed E-state index contributed by atoms with van der Waals surface area (Å²) in [6.07, 6.45) is 17.3. The van der Waals surface area contributed by atoms with Gasteiger partial charge in [0, 0.05) is 26.0 Å². The van der Waals surface area contributed by atoms with Crippen LogP contribution in [0.2, 0.25) is 0 Å². The molecule has 13 nitrogen and oxygen atoms in total. The van der Waals surface area contributed by atoms with Gasteiger partial charge in [-0.25, -0.2) is 14.5 Å². The molecule has 1 saturated heterocycles. The predicted octanol–water partition coefficient (Wildman–Crippen LogP) is 7.40. The zero-order chi connectivity index (χ0) is 36.2. The SMILES string of the molecule is CCCCCCCCCCCCCCCCOCCCOP(=O)(O)OCC1O[C@@H](n2cc(C#N)c3c(NCCC(C)C)ncnc32)[C@H](O)C1O. The largest absolute Gasteiger partial charge is 0.472 e. The molecular weight excluding hydrogens is 661 g/mol. The van der Waals surface area contributed by atoms with E-state index in [4.69, 9.17) is 18.5 Å². The standard InChI is InChI=1S/C36H62N5O8P/c1-4-5-6-7-8-9-10-11-12-13-14-15-16-17-21-46-22-18-23-47-50(44,45)48-26-30-32(42)33(43)36(49-30)41-25-29(24-37)31-34(38-20-19-28(2)3)39-27-40-35(31)41/h25,27-28,30,32-33,36,42-43H,4-23,26H2,1-3H3,(H,44,45)(H,38,39,40)/t30?,32?,33-,36-/m1/s1. The van der Waals surface area contributed by atoms with E-state index in [0.717, 1.165) is 19.3 Å². The number of hydrogen-bond acceptors (Lipinski definition) is 11. The van der Waals surface area contributed by atoms with Crippen molar-refractivity contribution in [1.29, 1.82) is 5.26 Å². The molecule has 0 aromatic carbocycles. The van der Waals surface area contributed by atoms with Crippen LogP contribution in [0.4, 0.5) is 5.82 Å². The van der Waals surface area contributed by atoms with E-state index in [1.165, 1.54) is 94.1 Å². The quantitative estimate of drug-likeness (QED) is 0.0505. The van der Waals surface area contributed by atoms with Gasteiger partial charge in [-0.05, 0) is 25.2 Å². The molecule has 0 saturated carbocycles. The number of rotatable bonds is 28. The van der Waals surface area contributed by atoms with Crippen LogP contribution in [0.5, 0.6) is 0 Å². The monoisotopic (exact) mass is 723 g/mol. The van der Waals surface area contributed by atoms with Crippen LogP contribution in [0.15, 0.2) is 12.5 Å². The smallest absolute Gasteiger partial charge is 0.387 e. The molecule has 5 atom stereocenters. The third-order valence-electron chi connectivity index (χ3n) is 9.09. The van der Waals surface area contributed by atoms with Gasteiger partial charge in [-0.3, -0.25) is 9.05 Å². The first-order chi connectivity index (χ1) is 24.2. The summed E-state index contributed by atoms with van der Waals surface area (Å²) in [5.74, 6) is 0.960. The Morgan fingerprint density at radius 2 is 1.54 bits per heavy atom. The highest BCUT2D eigenvalue weighted by atomic mass is 31.2. The van der Waals surface area contributed by atoms with Crippen molar-refractivity contribution >= 4 is 24.7 Å². The van der Waals surface area contributed by atoms with E-state index in [9.17, 15) is 24.9 Å². The average Bonchev–Trinajstić information content (AvgIpc) is 3.61. The summed E-state index contributed by atoms with van der Waals surface area (Å²) in [6, 6.07) is 2.13. The van der Waals surface area contributed by atoms with Gasteiger partial charge in [-0.1, -0.05) is 104 Å². The first-order valence-electron chi connectivity index (χ1n) is 18.9. The van der Waals surface area contributed by atoms with Gasteiger partial charge in [-0.2, -0.15) is 5.26 Å². The molecule has 0 radical (unpaired) electrons. The van der Waals surface area contributed by atoms with Crippen molar-refractivity contribution in [3.63, 3.8) is 0 Å². The van der Waals surface area contributed by atoms with Crippen LogP contribution in [-0.4, -0.2) is 80.9 Å². The third-order valence-corrected chi connectivity index (χ3v) is 10.1. The van der Waals surface area contributed by atoms with E-state index in [1.54, 1.807) is 0 Å². The molecule has 284 valence electrons. The van der Waals surface area contributed by atoms with Crippen LogP contribution >= 0.6 is 7.82 Å². The minimum atomic E-state index is -4.45. The van der Waals surface area contributed by atoms with Gasteiger partial charge in [-0.15, -0.1) is 0 Å². The number of anilines is 1. The van der Waals surface area contributed by atoms with Crippen molar-refractivity contribution in [2.24, 2.45) is 5.92 Å². The number of unbranched alkanes of at least 4 members (excludes halogenated alkanes) is 13. The van der Waals surface area contributed by atoms with Gasteiger partial charge >= 0.3 is 7.82 Å². The Labute approximate surface area is 298 Å². The van der Waals surface area contributed by atoms with Gasteiger partial charge in [0.15, 0.2) is 6.23 Å². The maximum absolute atomic E-state index is 12.5. The fraction of sp³-hybridized carbons (Fsp3) is 0.806. The van der Waals surface area contributed by atoms with Gasteiger partial charge < -0.3 is 34.5 Å². The summed E-state index contributed by atoms with van der Waals surface area (Å²) in [5, 5.41) is 35.0. The van der Waals surface area contributed by atoms with E-state index in [0.29, 0.717) is 48.9 Å². The van der Waals surface area contributed by atoms with Crippen LogP contribution < -0.4 is 5.32 Å². The van der Waals surface area contributed by atoms with Crippen LogP contribution in [-0.2, 0) is 23.1 Å². The maximum Gasteiger partial charge on any atom is 0.472 e. The topological polar surface area (TPSA) is 181 Å². The van der Waals surface area contributed by atoms with Crippen molar-refractivity contribution in [2.75, 3.05) is 38.3 Å². The minimum Gasteiger partial charge on any atom is -0.387 e. The average molecular weight is 724 g/mol. The number of aromatic nitrogens is 3. The first-order valence-corrected chi connectivity index (χ1v) is 20.4. The Morgan fingerprint density at radius 1 is 0.920 bits per heavy atom. The molecule has 0 spiro atoms. The third kappa shape index (κ3) is 14.5. The fourth-order valence-electron chi connectivity index (χ4n) is 6.12. The first kappa shape index (κ1) is 42.3. The number of hydrogen-bond donors (Lipinski definition) is 4. The number of ether oxygens (including phenoxy) is 2. The highest BCUT2D eigenvalue weighted by Crippen LogP contribution is 2.44. The van der Waals surface area contributed by atoms with Gasteiger partial charge in [0.2, 0.25) is 0 Å². The van der Waals surface area contributed by atoms with Crippen molar-refractivity contribution < 1.29 is 38.2 Å². The van der Waals surface area contributed by atoms with Crippen LogP contribution in [0.25, 0.3) is 11.0 Å². The molecule has 1 aliphatic rings. The van der Waals surface area contributed by atoms with Gasteiger partial charge in [0.05, 0.1) is 24.2 Å². The number of aliphatic hydroxyl groups excluding tert-OH is 2. The zero-order valence-corrected chi connectivity index (χ0v) is 31.4. The molecule has 0 amide bonds. The van der Waals surface area contributed by atoms with E-state index < -0.39 is 39.0 Å². The molecule has 0 bridgehead atoms. The van der Waals surface area contributed by atoms with E-state index >= 15 is 0 Å². The Kier molecular flexibility index (Phi) is 19.8. The summed E-state index contributed by atoms with van der Waals surface area (Å²) in [7, 11) is -4.45. The van der Waals surface area contributed by atoms with Crippen molar-refractivity contribution in [3.8, 4) is 6.07 Å². The molecule has 4 N–H and O–H groups in total. The highest BCUT2D eigenvalue weighted by Gasteiger charge is 2.45. The lowest BCUT2D eigenvalue weighted by Crippen LogP contribution is -2.33. The maximum atomic E-state index is 12.5. The van der Waals surface area contributed by atoms with Crippen LogP contribution in [0.3, 0.4) is 0 Å². The van der Waals surface area contributed by atoms with Crippen molar-refractivity contribution in [1.82, 2.24) is 14.5 Å². The van der Waals surface area contributed by atoms with Crippen molar-refractivity contribution in [3.05, 3.63) is 18.1 Å². The molecule has 2 aromatic heterocycles. The lowest BCUT2D eigenvalue weighted by molar-refractivity contribution is -0.0513. The number of phosphoric acid groups is 1. The zero-order valence-electron chi connectivity index (χ0n) is 30.5. The Hall–Kier alpha value is -2.14. The van der Waals surface area contributed by atoms with E-state index in [2.05, 4.69) is 42.1 Å². The van der Waals surface area contributed by atoms with Crippen LogP contribution in [0.1, 0.15) is 135 Å². The van der Waals surface area contributed by atoms with E-state index in [-0.39, 0.29) is 12.2 Å². The summed E-state index contributed by atoms with van der Waals surface area (Å²) in [5.41, 5.74) is 0.610. The van der Waals surface area contributed by atoms with Gasteiger partial charge in [0.1, 0.15) is 42.2 Å². The lowest BCUT2D eigenvalue weighted by atomic mass is 10.0. The minimum absolute atomic E-state index is 0.0363. The predicted molar refractivity (Wildman–Crippen MR) is 194 cm³/mol. The molecule has 3 rings (SSSR count). The molecule has 3 unspecified atom stereocenters. The highest BCUT2D eigenvalue weighted by molar-refractivity contribution is 7.47. The Bertz CT molecular complexity index is 1320. The summed E-state index contributed by atoms with van der Waals surface area (Å²) < 4.78 is 35.6. The normalized spacial score (nSPS) is 20.4. The number of phosphoric ester groups is 1. The molecule has 1 fully saturated rings. The number of nitrogens with one attached hydrogen (secondary N) is 1. The number of nitriles is 1. The molecule has 0 aliphatic carbocycles. The Balaban J connectivity index is 1.29. The molecule has 50 heavy (non-hydrogen) atoms. The summed E-state index contributed by atoms with van der Waals surface area (Å²) >= 11 is 0. The molecule has 14 heteroatoms. The number of nitrogens with zero attached hydrogens (tertiary/aromatic N) is 4. The summed E-state index contributed by atoms with van der Waals surface area (Å²) in [6.45, 7) is 7.65. The lowest BCUT2D eigenvalue weighted by Gasteiger charge is -2.18. The molecular formula is C36H62N5O8P. The Morgan fingerprint density at radius 3 is 2.16 bits per heavy atom. The fourth-order valence-corrected chi connectivity index (χ4v) is 6.89. The molecule has 2 aromatic rings. The second-order valence-corrected chi connectivity index (χ2v) is 15.3. The van der Waals surface area contributed by atoms with Crippen molar-refractivity contribution in [2.45, 2.75) is 148 Å². The van der Waals surface area contributed by atoms with Crippen LogP contribution in [0, 0.1) is 17.2 Å². The number of fused-ring (bicyclic) bond motifs is 1. The second-order valence-electron chi connectivity index (χ2n) is 13.8. The van der Waals surface area contributed by atoms with Gasteiger partial charge in [0.25, 0.3) is 0 Å². The van der Waals surface area contributed by atoms with E-state index in [1.807, 2.05) is 0 Å². The second kappa shape index (κ2) is 23.4.